The van der Waals surface area contributed by atoms with E-state index in [-0.39, 0.29) is 17.9 Å². The van der Waals surface area contributed by atoms with E-state index in [0.29, 0.717) is 12.1 Å². The molecule has 1 fully saturated rings. The van der Waals surface area contributed by atoms with Gasteiger partial charge in [0, 0.05) is 11.0 Å². The second kappa shape index (κ2) is 9.59. The maximum Gasteiger partial charge on any atom is 0.252 e. The Kier molecular flexibility index (Phi) is 6.78. The number of carbonyl (C=O) groups is 2. The fraction of sp³-hybridized carbons (Fsp3) is 0.200. The standard InChI is InChI=1S/C25H23BrN2O4S/c1-18-7-13-22(14-8-18)33(31,32)27(16-15-19-5-3-2-4-6-19)23-17-24(29)28(25(23)30)21-11-9-20(26)10-12-21/h2-14,23H,15-17H2,1H3. The summed E-state index contributed by atoms with van der Waals surface area (Å²) in [6, 6.07) is 21.7. The summed E-state index contributed by atoms with van der Waals surface area (Å²) >= 11 is 3.34. The maximum atomic E-state index is 13.6. The van der Waals surface area contributed by atoms with E-state index in [9.17, 15) is 18.0 Å². The van der Waals surface area contributed by atoms with Crippen LogP contribution in [-0.2, 0) is 26.0 Å². The van der Waals surface area contributed by atoms with Crippen molar-refractivity contribution in [2.24, 2.45) is 0 Å². The fourth-order valence-corrected chi connectivity index (χ4v) is 5.72. The van der Waals surface area contributed by atoms with Gasteiger partial charge in [-0.3, -0.25) is 9.59 Å². The Hall–Kier alpha value is -2.81. The van der Waals surface area contributed by atoms with Crippen molar-refractivity contribution in [3.8, 4) is 0 Å². The van der Waals surface area contributed by atoms with Crippen molar-refractivity contribution in [2.75, 3.05) is 11.4 Å². The molecule has 0 radical (unpaired) electrons. The molecule has 1 atom stereocenters. The molecule has 0 bridgehead atoms. The molecule has 1 aliphatic heterocycles. The molecule has 0 spiro atoms. The zero-order valence-electron chi connectivity index (χ0n) is 18.0. The lowest BCUT2D eigenvalue weighted by Gasteiger charge is -2.27. The van der Waals surface area contributed by atoms with E-state index >= 15 is 0 Å². The highest BCUT2D eigenvalue weighted by molar-refractivity contribution is 9.10. The minimum absolute atomic E-state index is 0.0814. The van der Waals surface area contributed by atoms with Crippen LogP contribution in [0.1, 0.15) is 17.5 Å². The third-order valence-electron chi connectivity index (χ3n) is 5.65. The van der Waals surface area contributed by atoms with Crippen LogP contribution in [0.3, 0.4) is 0 Å². The van der Waals surface area contributed by atoms with Crippen LogP contribution in [-0.4, -0.2) is 37.1 Å². The summed E-state index contributed by atoms with van der Waals surface area (Å²) < 4.78 is 29.3. The van der Waals surface area contributed by atoms with Gasteiger partial charge in [-0.15, -0.1) is 0 Å². The second-order valence-corrected chi connectivity index (χ2v) is 10.7. The Morgan fingerprint density at radius 1 is 0.939 bits per heavy atom. The predicted octanol–water partition coefficient (Wildman–Crippen LogP) is 4.32. The Bertz CT molecular complexity index is 1260. The third-order valence-corrected chi connectivity index (χ3v) is 8.10. The zero-order valence-corrected chi connectivity index (χ0v) is 20.4. The highest BCUT2D eigenvalue weighted by Crippen LogP contribution is 2.30. The molecule has 1 unspecified atom stereocenters. The van der Waals surface area contributed by atoms with Gasteiger partial charge in [0.15, 0.2) is 0 Å². The Morgan fingerprint density at radius 3 is 2.21 bits per heavy atom. The molecule has 0 aromatic heterocycles. The number of amides is 2. The van der Waals surface area contributed by atoms with E-state index in [2.05, 4.69) is 15.9 Å². The number of rotatable bonds is 7. The summed E-state index contributed by atoms with van der Waals surface area (Å²) in [5.41, 5.74) is 2.30. The van der Waals surface area contributed by atoms with Gasteiger partial charge in [0.05, 0.1) is 17.0 Å². The van der Waals surface area contributed by atoms with Crippen LogP contribution in [0.2, 0.25) is 0 Å². The van der Waals surface area contributed by atoms with Gasteiger partial charge in [-0.25, -0.2) is 13.3 Å². The van der Waals surface area contributed by atoms with Gasteiger partial charge < -0.3 is 0 Å². The van der Waals surface area contributed by atoms with Crippen molar-refractivity contribution in [3.05, 3.63) is 94.5 Å². The average Bonchev–Trinajstić information content (AvgIpc) is 3.09. The Morgan fingerprint density at radius 2 is 1.58 bits per heavy atom. The van der Waals surface area contributed by atoms with Crippen LogP contribution < -0.4 is 4.90 Å². The largest absolute Gasteiger partial charge is 0.274 e. The summed E-state index contributed by atoms with van der Waals surface area (Å²) in [6.07, 6.45) is 0.219. The molecule has 3 aromatic rings. The number of anilines is 1. The number of aryl methyl sites for hydroxylation is 1. The normalized spacial score (nSPS) is 16.6. The smallest absolute Gasteiger partial charge is 0.252 e. The van der Waals surface area contributed by atoms with E-state index in [1.807, 2.05) is 37.3 Å². The maximum absolute atomic E-state index is 13.6. The minimum Gasteiger partial charge on any atom is -0.274 e. The van der Waals surface area contributed by atoms with Gasteiger partial charge in [-0.05, 0) is 55.3 Å². The molecule has 2 amide bonds. The molecule has 1 heterocycles. The average molecular weight is 527 g/mol. The number of hydrogen-bond acceptors (Lipinski definition) is 4. The van der Waals surface area contributed by atoms with Gasteiger partial charge in [0.25, 0.3) is 5.91 Å². The van der Waals surface area contributed by atoms with Crippen LogP contribution in [0, 0.1) is 6.92 Å². The number of hydrogen-bond donors (Lipinski definition) is 0. The van der Waals surface area contributed by atoms with E-state index in [4.69, 9.17) is 0 Å². The number of nitrogens with zero attached hydrogens (tertiary/aromatic N) is 2. The number of imide groups is 1. The molecule has 1 aliphatic rings. The van der Waals surface area contributed by atoms with Gasteiger partial charge in [0.2, 0.25) is 15.9 Å². The van der Waals surface area contributed by atoms with Crippen molar-refractivity contribution in [3.63, 3.8) is 0 Å². The van der Waals surface area contributed by atoms with Gasteiger partial charge in [-0.2, -0.15) is 4.31 Å². The van der Waals surface area contributed by atoms with Crippen LogP contribution in [0.15, 0.2) is 88.2 Å². The lowest BCUT2D eigenvalue weighted by atomic mass is 10.1. The number of benzene rings is 3. The minimum atomic E-state index is -4.01. The first kappa shape index (κ1) is 23.4. The first-order valence-electron chi connectivity index (χ1n) is 10.5. The summed E-state index contributed by atoms with van der Waals surface area (Å²) in [4.78, 5) is 27.4. The molecule has 170 valence electrons. The summed E-state index contributed by atoms with van der Waals surface area (Å²) in [5, 5.41) is 0. The molecule has 1 saturated heterocycles. The second-order valence-electron chi connectivity index (χ2n) is 7.93. The molecule has 6 nitrogen and oxygen atoms in total. The molecule has 4 rings (SSSR count). The molecule has 3 aromatic carbocycles. The number of halogens is 1. The first-order chi connectivity index (χ1) is 15.8. The number of carbonyl (C=O) groups excluding carboxylic acids is 2. The van der Waals surface area contributed by atoms with Crippen molar-refractivity contribution in [1.29, 1.82) is 0 Å². The Balaban J connectivity index is 1.69. The van der Waals surface area contributed by atoms with Crippen molar-refractivity contribution >= 4 is 43.5 Å². The van der Waals surface area contributed by atoms with Crippen LogP contribution >= 0.6 is 15.9 Å². The van der Waals surface area contributed by atoms with E-state index in [0.717, 1.165) is 20.5 Å². The van der Waals surface area contributed by atoms with Crippen molar-refractivity contribution < 1.29 is 18.0 Å². The SMILES string of the molecule is Cc1ccc(S(=O)(=O)N(CCc2ccccc2)C2CC(=O)N(c3ccc(Br)cc3)C2=O)cc1. The highest BCUT2D eigenvalue weighted by atomic mass is 79.9. The topological polar surface area (TPSA) is 74.8 Å². The van der Waals surface area contributed by atoms with Gasteiger partial charge >= 0.3 is 0 Å². The van der Waals surface area contributed by atoms with E-state index < -0.39 is 27.9 Å². The van der Waals surface area contributed by atoms with Gasteiger partial charge in [0.1, 0.15) is 6.04 Å². The van der Waals surface area contributed by atoms with Crippen molar-refractivity contribution in [1.82, 2.24) is 4.31 Å². The van der Waals surface area contributed by atoms with E-state index in [1.165, 1.54) is 16.4 Å². The Labute approximate surface area is 202 Å². The van der Waals surface area contributed by atoms with E-state index in [1.54, 1.807) is 36.4 Å². The molecular formula is C25H23BrN2O4S. The van der Waals surface area contributed by atoms with Crippen LogP contribution in [0.4, 0.5) is 5.69 Å². The van der Waals surface area contributed by atoms with Crippen LogP contribution in [0.25, 0.3) is 0 Å². The molecule has 0 N–H and O–H groups in total. The van der Waals surface area contributed by atoms with Crippen LogP contribution in [0.5, 0.6) is 0 Å². The molecule has 8 heteroatoms. The molecule has 33 heavy (non-hydrogen) atoms. The number of sulfonamides is 1. The molecule has 0 aliphatic carbocycles. The fourth-order valence-electron chi connectivity index (χ4n) is 3.88. The predicted molar refractivity (Wildman–Crippen MR) is 130 cm³/mol. The third kappa shape index (κ3) is 4.93. The zero-order chi connectivity index (χ0) is 23.6. The van der Waals surface area contributed by atoms with Crippen molar-refractivity contribution in [2.45, 2.75) is 30.7 Å². The highest BCUT2D eigenvalue weighted by Gasteiger charge is 2.46. The first-order valence-corrected chi connectivity index (χ1v) is 12.8. The lowest BCUT2D eigenvalue weighted by molar-refractivity contribution is -0.122. The summed E-state index contributed by atoms with van der Waals surface area (Å²) in [7, 11) is -4.01. The molecular weight excluding hydrogens is 504 g/mol. The summed E-state index contributed by atoms with van der Waals surface area (Å²) in [6.45, 7) is 1.96. The molecule has 0 saturated carbocycles. The monoisotopic (exact) mass is 526 g/mol. The quantitative estimate of drug-likeness (QED) is 0.429. The van der Waals surface area contributed by atoms with Gasteiger partial charge in [-0.1, -0.05) is 64.0 Å². The summed E-state index contributed by atoms with van der Waals surface area (Å²) in [5.74, 6) is -0.956. The lowest BCUT2D eigenvalue weighted by Crippen LogP contribution is -2.46.